The summed E-state index contributed by atoms with van der Waals surface area (Å²) in [6, 6.07) is 0. The Balaban J connectivity index is 2.19. The number of hydrogen-bond donors (Lipinski definition) is 4. The standard InChI is InChI=1S/C11H20N2O5/c1-11(17,10(15)16)7-13-9(14)6-18-8-2-4-12-5-3-8/h8,12,17H,2-7H2,1H3,(H,13,14)(H,15,16). The lowest BCUT2D eigenvalue weighted by atomic mass is 10.1. The number of nitrogens with one attached hydrogen (secondary N) is 2. The zero-order chi connectivity index (χ0) is 13.6. The second kappa shape index (κ2) is 6.67. The van der Waals surface area contributed by atoms with Crippen LogP contribution in [0, 0.1) is 0 Å². The Kier molecular flexibility index (Phi) is 5.52. The van der Waals surface area contributed by atoms with Gasteiger partial charge in [0.1, 0.15) is 6.61 Å². The number of carboxylic acids is 1. The number of carboxylic acid groups (broad SMARTS) is 1. The first-order valence-electron chi connectivity index (χ1n) is 5.96. The molecule has 7 nitrogen and oxygen atoms in total. The molecule has 1 saturated heterocycles. The lowest BCUT2D eigenvalue weighted by molar-refractivity contribution is -0.156. The van der Waals surface area contributed by atoms with Crippen LogP contribution in [0.5, 0.6) is 0 Å². The summed E-state index contributed by atoms with van der Waals surface area (Å²) in [6.45, 7) is 2.43. The molecule has 1 aliphatic heterocycles. The van der Waals surface area contributed by atoms with Crippen molar-refractivity contribution >= 4 is 11.9 Å². The first-order valence-corrected chi connectivity index (χ1v) is 5.96. The summed E-state index contributed by atoms with van der Waals surface area (Å²) in [4.78, 5) is 22.0. The van der Waals surface area contributed by atoms with Gasteiger partial charge in [-0.3, -0.25) is 4.79 Å². The fraction of sp³-hybridized carbons (Fsp3) is 0.818. The largest absolute Gasteiger partial charge is 0.479 e. The first-order chi connectivity index (χ1) is 8.42. The van der Waals surface area contributed by atoms with Crippen LogP contribution < -0.4 is 10.6 Å². The molecule has 0 aliphatic carbocycles. The van der Waals surface area contributed by atoms with E-state index in [2.05, 4.69) is 10.6 Å². The van der Waals surface area contributed by atoms with Gasteiger partial charge >= 0.3 is 5.97 Å². The van der Waals surface area contributed by atoms with Crippen molar-refractivity contribution in [1.29, 1.82) is 0 Å². The molecule has 0 aromatic carbocycles. The minimum absolute atomic E-state index is 0.0667. The second-order valence-corrected chi connectivity index (χ2v) is 4.62. The van der Waals surface area contributed by atoms with E-state index in [1.165, 1.54) is 0 Å². The van der Waals surface area contributed by atoms with E-state index in [0.717, 1.165) is 32.9 Å². The number of aliphatic carboxylic acids is 1. The van der Waals surface area contributed by atoms with Crippen LogP contribution in [0.3, 0.4) is 0 Å². The maximum atomic E-state index is 11.4. The maximum absolute atomic E-state index is 11.4. The number of ether oxygens (including phenoxy) is 1. The van der Waals surface area contributed by atoms with Gasteiger partial charge in [0.05, 0.1) is 12.6 Å². The van der Waals surface area contributed by atoms with Gasteiger partial charge in [-0.1, -0.05) is 0 Å². The second-order valence-electron chi connectivity index (χ2n) is 4.62. The molecular weight excluding hydrogens is 240 g/mol. The minimum Gasteiger partial charge on any atom is -0.479 e. The number of amides is 1. The molecule has 0 saturated carbocycles. The van der Waals surface area contributed by atoms with E-state index in [0.29, 0.717) is 0 Å². The first kappa shape index (κ1) is 14.9. The molecule has 1 unspecified atom stereocenters. The highest BCUT2D eigenvalue weighted by Crippen LogP contribution is 2.06. The lowest BCUT2D eigenvalue weighted by Gasteiger charge is -2.23. The van der Waals surface area contributed by atoms with Crippen LogP contribution in [0.2, 0.25) is 0 Å². The molecule has 104 valence electrons. The molecule has 0 aromatic rings. The predicted molar refractivity (Wildman–Crippen MR) is 63.1 cm³/mol. The van der Waals surface area contributed by atoms with Crippen molar-refractivity contribution in [2.75, 3.05) is 26.2 Å². The van der Waals surface area contributed by atoms with Gasteiger partial charge < -0.3 is 25.6 Å². The van der Waals surface area contributed by atoms with E-state index in [-0.39, 0.29) is 19.3 Å². The Labute approximate surface area is 106 Å². The van der Waals surface area contributed by atoms with Crippen LogP contribution in [0.1, 0.15) is 19.8 Å². The van der Waals surface area contributed by atoms with Crippen LogP contribution >= 0.6 is 0 Å². The average Bonchev–Trinajstić information content (AvgIpc) is 2.35. The zero-order valence-electron chi connectivity index (χ0n) is 10.4. The Morgan fingerprint density at radius 3 is 2.61 bits per heavy atom. The van der Waals surface area contributed by atoms with Gasteiger partial charge in [0.15, 0.2) is 5.60 Å². The van der Waals surface area contributed by atoms with Crippen molar-refractivity contribution in [3.8, 4) is 0 Å². The third-order valence-corrected chi connectivity index (χ3v) is 2.83. The predicted octanol–water partition coefficient (Wildman–Crippen LogP) is -1.29. The van der Waals surface area contributed by atoms with Gasteiger partial charge in [-0.25, -0.2) is 4.79 Å². The van der Waals surface area contributed by atoms with E-state index in [4.69, 9.17) is 9.84 Å². The highest BCUT2D eigenvalue weighted by Gasteiger charge is 2.30. The summed E-state index contributed by atoms with van der Waals surface area (Å²) in [7, 11) is 0. The number of rotatable bonds is 6. The van der Waals surface area contributed by atoms with Crippen LogP contribution in [0.15, 0.2) is 0 Å². The molecule has 1 aliphatic rings. The van der Waals surface area contributed by atoms with E-state index >= 15 is 0 Å². The smallest absolute Gasteiger partial charge is 0.337 e. The van der Waals surface area contributed by atoms with Gasteiger partial charge in [0, 0.05) is 0 Å². The summed E-state index contributed by atoms with van der Waals surface area (Å²) in [5.41, 5.74) is -1.95. The molecule has 4 N–H and O–H groups in total. The van der Waals surface area contributed by atoms with Crippen molar-refractivity contribution in [2.45, 2.75) is 31.5 Å². The van der Waals surface area contributed by atoms with Crippen LogP contribution in [0.4, 0.5) is 0 Å². The molecule has 0 aromatic heterocycles. The van der Waals surface area contributed by atoms with E-state index < -0.39 is 17.5 Å². The minimum atomic E-state index is -1.95. The molecule has 1 amide bonds. The highest BCUT2D eigenvalue weighted by atomic mass is 16.5. The Hall–Kier alpha value is -1.18. The Bertz CT molecular complexity index is 300. The summed E-state index contributed by atoms with van der Waals surface area (Å²) in [5, 5.41) is 23.6. The van der Waals surface area contributed by atoms with Crippen LogP contribution in [-0.2, 0) is 14.3 Å². The topological polar surface area (TPSA) is 108 Å². The molecule has 0 bridgehead atoms. The summed E-state index contributed by atoms with van der Waals surface area (Å²) in [6.07, 6.45) is 1.79. The lowest BCUT2D eigenvalue weighted by Crippen LogP contribution is -2.47. The molecule has 0 radical (unpaired) electrons. The molecule has 1 rings (SSSR count). The molecule has 1 fully saturated rings. The molecule has 7 heteroatoms. The van der Waals surface area contributed by atoms with Crippen LogP contribution in [0.25, 0.3) is 0 Å². The van der Waals surface area contributed by atoms with Gasteiger partial charge in [-0.05, 0) is 32.9 Å². The maximum Gasteiger partial charge on any atom is 0.337 e. The Morgan fingerprint density at radius 1 is 1.44 bits per heavy atom. The van der Waals surface area contributed by atoms with Crippen molar-refractivity contribution in [1.82, 2.24) is 10.6 Å². The monoisotopic (exact) mass is 260 g/mol. The number of carbonyl (C=O) groups is 2. The van der Waals surface area contributed by atoms with Crippen molar-refractivity contribution in [3.05, 3.63) is 0 Å². The molecule has 0 spiro atoms. The van der Waals surface area contributed by atoms with Gasteiger partial charge in [-0.2, -0.15) is 0 Å². The normalized spacial score (nSPS) is 20.1. The number of hydrogen-bond acceptors (Lipinski definition) is 5. The van der Waals surface area contributed by atoms with E-state index in [1.54, 1.807) is 0 Å². The SMILES string of the molecule is CC(O)(CNC(=O)COC1CCNCC1)C(=O)O. The van der Waals surface area contributed by atoms with Gasteiger partial charge in [0.25, 0.3) is 0 Å². The quantitative estimate of drug-likeness (QED) is 0.473. The van der Waals surface area contributed by atoms with E-state index in [9.17, 15) is 14.7 Å². The fourth-order valence-corrected chi connectivity index (χ4v) is 1.55. The van der Waals surface area contributed by atoms with Crippen LogP contribution in [-0.4, -0.2) is 60.0 Å². The number of piperidine rings is 1. The number of carbonyl (C=O) groups excluding carboxylic acids is 1. The highest BCUT2D eigenvalue weighted by molar-refractivity contribution is 5.80. The van der Waals surface area contributed by atoms with Crippen molar-refractivity contribution in [2.24, 2.45) is 0 Å². The van der Waals surface area contributed by atoms with Crippen molar-refractivity contribution < 1.29 is 24.5 Å². The third-order valence-electron chi connectivity index (χ3n) is 2.83. The van der Waals surface area contributed by atoms with Gasteiger partial charge in [0.2, 0.25) is 5.91 Å². The Morgan fingerprint density at radius 2 is 2.06 bits per heavy atom. The molecular formula is C11H20N2O5. The summed E-state index contributed by atoms with van der Waals surface area (Å²) >= 11 is 0. The van der Waals surface area contributed by atoms with Crippen molar-refractivity contribution in [3.63, 3.8) is 0 Å². The molecule has 18 heavy (non-hydrogen) atoms. The molecule has 1 atom stereocenters. The number of aliphatic hydroxyl groups is 1. The zero-order valence-corrected chi connectivity index (χ0v) is 10.4. The average molecular weight is 260 g/mol. The molecule has 1 heterocycles. The summed E-state index contributed by atoms with van der Waals surface area (Å²) < 4.78 is 5.39. The fourth-order valence-electron chi connectivity index (χ4n) is 1.55. The van der Waals surface area contributed by atoms with E-state index in [1.807, 2.05) is 0 Å². The third kappa shape index (κ3) is 4.99. The summed E-state index contributed by atoms with van der Waals surface area (Å²) in [5.74, 6) is -1.79. The van der Waals surface area contributed by atoms with Gasteiger partial charge in [-0.15, -0.1) is 0 Å².